The Morgan fingerprint density at radius 3 is 2.48 bits per heavy atom. The van der Waals surface area contributed by atoms with Crippen LogP contribution in [0.1, 0.15) is 59.8 Å². The van der Waals surface area contributed by atoms with Crippen LogP contribution in [0, 0.1) is 28.6 Å². The van der Waals surface area contributed by atoms with E-state index in [4.69, 9.17) is 0 Å². The summed E-state index contributed by atoms with van der Waals surface area (Å²) in [4.78, 5) is 2.53. The lowest BCUT2D eigenvalue weighted by Gasteiger charge is -2.46. The highest BCUT2D eigenvalue weighted by molar-refractivity contribution is 7.98. The highest BCUT2D eigenvalue weighted by atomic mass is 32.2. The van der Waals surface area contributed by atoms with E-state index in [1.807, 2.05) is 11.8 Å². The van der Waals surface area contributed by atoms with E-state index in [0.717, 1.165) is 12.3 Å². The second-order valence-electron chi connectivity index (χ2n) is 7.34. The smallest absolute Gasteiger partial charge is 0.0672 e. The zero-order valence-corrected chi connectivity index (χ0v) is 15.7. The Kier molecular flexibility index (Phi) is 7.57. The normalized spacial score (nSPS) is 28.4. The van der Waals surface area contributed by atoms with Gasteiger partial charge in [-0.25, -0.2) is 0 Å². The molecule has 0 radical (unpaired) electrons. The molecule has 4 unspecified atom stereocenters. The second kappa shape index (κ2) is 8.44. The molecule has 0 N–H and O–H groups in total. The van der Waals surface area contributed by atoms with Gasteiger partial charge in [0.25, 0.3) is 0 Å². The summed E-state index contributed by atoms with van der Waals surface area (Å²) in [7, 11) is 2.25. The van der Waals surface area contributed by atoms with E-state index in [2.05, 4.69) is 52.0 Å². The Morgan fingerprint density at radius 2 is 2.00 bits per heavy atom. The molecule has 0 aromatic heterocycles. The first-order valence-corrected chi connectivity index (χ1v) is 9.91. The van der Waals surface area contributed by atoms with Gasteiger partial charge in [0.1, 0.15) is 0 Å². The summed E-state index contributed by atoms with van der Waals surface area (Å²) in [6.07, 6.45) is 8.09. The molecule has 0 aliphatic heterocycles. The summed E-state index contributed by atoms with van der Waals surface area (Å²) in [6.45, 7) is 9.38. The van der Waals surface area contributed by atoms with Crippen LogP contribution in [0.5, 0.6) is 0 Å². The fourth-order valence-corrected chi connectivity index (χ4v) is 4.59. The summed E-state index contributed by atoms with van der Waals surface area (Å²) in [5, 5.41) is 9.56. The minimum Gasteiger partial charge on any atom is -0.298 e. The van der Waals surface area contributed by atoms with Crippen molar-refractivity contribution < 1.29 is 0 Å². The molecule has 2 nitrogen and oxygen atoms in total. The fourth-order valence-electron chi connectivity index (χ4n) is 3.73. The Balaban J connectivity index is 2.86. The molecule has 1 aliphatic rings. The Morgan fingerprint density at radius 1 is 1.33 bits per heavy atom. The molecule has 4 atom stereocenters. The first-order chi connectivity index (χ1) is 9.91. The number of hydrogen-bond acceptors (Lipinski definition) is 3. The topological polar surface area (TPSA) is 27.0 Å². The third-order valence-corrected chi connectivity index (χ3v) is 6.65. The zero-order chi connectivity index (χ0) is 16.0. The zero-order valence-electron chi connectivity index (χ0n) is 14.9. The molecule has 1 fully saturated rings. The van der Waals surface area contributed by atoms with Crippen molar-refractivity contribution in [3.63, 3.8) is 0 Å². The van der Waals surface area contributed by atoms with Gasteiger partial charge < -0.3 is 0 Å². The van der Waals surface area contributed by atoms with Gasteiger partial charge in [-0.3, -0.25) is 4.90 Å². The SMILES string of the molecule is CCC(CSC)N(C)C1CC(C(C)(C)CC)CCC1C#N. The molecule has 0 heterocycles. The lowest BCUT2D eigenvalue weighted by atomic mass is 9.66. The highest BCUT2D eigenvalue weighted by Crippen LogP contribution is 2.43. The predicted octanol–water partition coefficient (Wildman–Crippen LogP) is 4.80. The van der Waals surface area contributed by atoms with Gasteiger partial charge in [-0.1, -0.05) is 34.1 Å². The fraction of sp³-hybridized carbons (Fsp3) is 0.944. The lowest BCUT2D eigenvalue weighted by molar-refractivity contribution is 0.0475. The summed E-state index contributed by atoms with van der Waals surface area (Å²) in [5.74, 6) is 2.14. The van der Waals surface area contributed by atoms with E-state index in [1.165, 1.54) is 31.4 Å². The number of nitrogens with zero attached hydrogens (tertiary/aromatic N) is 2. The van der Waals surface area contributed by atoms with E-state index in [0.29, 0.717) is 17.5 Å². The van der Waals surface area contributed by atoms with E-state index < -0.39 is 0 Å². The van der Waals surface area contributed by atoms with Gasteiger partial charge in [-0.2, -0.15) is 17.0 Å². The van der Waals surface area contributed by atoms with Crippen LogP contribution in [-0.4, -0.2) is 36.0 Å². The molecular formula is C18H34N2S. The van der Waals surface area contributed by atoms with Crippen molar-refractivity contribution >= 4 is 11.8 Å². The van der Waals surface area contributed by atoms with E-state index in [1.54, 1.807) is 0 Å². The van der Waals surface area contributed by atoms with Crippen LogP contribution in [0.15, 0.2) is 0 Å². The minimum atomic E-state index is 0.217. The molecule has 0 aromatic carbocycles. The summed E-state index contributed by atoms with van der Waals surface area (Å²) >= 11 is 1.92. The van der Waals surface area contributed by atoms with Crippen LogP contribution in [0.25, 0.3) is 0 Å². The first-order valence-electron chi connectivity index (χ1n) is 8.51. The van der Waals surface area contributed by atoms with Gasteiger partial charge in [-0.15, -0.1) is 0 Å². The molecule has 21 heavy (non-hydrogen) atoms. The molecule has 0 spiro atoms. The molecule has 0 amide bonds. The monoisotopic (exact) mass is 310 g/mol. The number of rotatable bonds is 7. The summed E-state index contributed by atoms with van der Waals surface area (Å²) in [5.41, 5.74) is 0.404. The third-order valence-electron chi connectivity index (χ3n) is 5.93. The highest BCUT2D eigenvalue weighted by Gasteiger charge is 2.40. The van der Waals surface area contributed by atoms with E-state index in [9.17, 15) is 5.26 Å². The summed E-state index contributed by atoms with van der Waals surface area (Å²) in [6, 6.07) is 3.64. The van der Waals surface area contributed by atoms with Crippen molar-refractivity contribution in [1.29, 1.82) is 5.26 Å². The predicted molar refractivity (Wildman–Crippen MR) is 94.5 cm³/mol. The first kappa shape index (κ1) is 18.8. The minimum absolute atomic E-state index is 0.217. The maximum atomic E-state index is 9.56. The van der Waals surface area contributed by atoms with Crippen molar-refractivity contribution in [3.05, 3.63) is 0 Å². The standard InChI is InChI=1S/C18H34N2S/c1-7-16(13-21-6)20(5)17-11-15(18(3,4)8-2)10-9-14(17)12-19/h14-17H,7-11,13H2,1-6H3. The van der Waals surface area contributed by atoms with Crippen LogP contribution >= 0.6 is 11.8 Å². The van der Waals surface area contributed by atoms with Gasteiger partial charge >= 0.3 is 0 Å². The maximum Gasteiger partial charge on any atom is 0.0672 e. The van der Waals surface area contributed by atoms with Crippen LogP contribution in [-0.2, 0) is 0 Å². The molecular weight excluding hydrogens is 276 g/mol. The van der Waals surface area contributed by atoms with Gasteiger partial charge in [-0.05, 0) is 50.3 Å². The molecule has 0 aromatic rings. The Labute approximate surface area is 136 Å². The van der Waals surface area contributed by atoms with Crippen LogP contribution < -0.4 is 0 Å². The van der Waals surface area contributed by atoms with E-state index >= 15 is 0 Å². The molecule has 0 saturated heterocycles. The lowest BCUT2D eigenvalue weighted by Crippen LogP contribution is -2.49. The van der Waals surface area contributed by atoms with Crippen molar-refractivity contribution in [1.82, 2.24) is 4.90 Å². The van der Waals surface area contributed by atoms with Crippen LogP contribution in [0.4, 0.5) is 0 Å². The average molecular weight is 311 g/mol. The average Bonchev–Trinajstić information content (AvgIpc) is 2.51. The van der Waals surface area contributed by atoms with Gasteiger partial charge in [0.2, 0.25) is 0 Å². The number of hydrogen-bond donors (Lipinski definition) is 0. The Bertz CT molecular complexity index is 348. The van der Waals surface area contributed by atoms with Crippen LogP contribution in [0.2, 0.25) is 0 Å². The second-order valence-corrected chi connectivity index (χ2v) is 8.25. The van der Waals surface area contributed by atoms with Crippen LogP contribution in [0.3, 0.4) is 0 Å². The molecule has 122 valence electrons. The summed E-state index contributed by atoms with van der Waals surface area (Å²) < 4.78 is 0. The maximum absolute atomic E-state index is 9.56. The van der Waals surface area contributed by atoms with Crippen molar-refractivity contribution in [2.24, 2.45) is 17.3 Å². The van der Waals surface area contributed by atoms with Crippen molar-refractivity contribution in [2.75, 3.05) is 19.1 Å². The van der Waals surface area contributed by atoms with Crippen molar-refractivity contribution in [2.45, 2.75) is 71.9 Å². The number of thioether (sulfide) groups is 1. The third kappa shape index (κ3) is 4.63. The molecule has 1 aliphatic carbocycles. The van der Waals surface area contributed by atoms with Crippen molar-refractivity contribution in [3.8, 4) is 6.07 Å². The molecule has 0 bridgehead atoms. The van der Waals surface area contributed by atoms with Gasteiger partial charge in [0.15, 0.2) is 0 Å². The number of nitriles is 1. The molecule has 3 heteroatoms. The Hall–Kier alpha value is -0.200. The van der Waals surface area contributed by atoms with Gasteiger partial charge in [0.05, 0.1) is 12.0 Å². The largest absolute Gasteiger partial charge is 0.298 e. The van der Waals surface area contributed by atoms with Gasteiger partial charge in [0, 0.05) is 17.8 Å². The van der Waals surface area contributed by atoms with E-state index in [-0.39, 0.29) is 5.92 Å². The molecule has 1 saturated carbocycles. The quantitative estimate of drug-likeness (QED) is 0.675. The molecule has 1 rings (SSSR count).